The second-order valence-electron chi connectivity index (χ2n) is 8.04. The van der Waals surface area contributed by atoms with Crippen LogP contribution in [0.5, 0.6) is 0 Å². The van der Waals surface area contributed by atoms with Gasteiger partial charge in [0.1, 0.15) is 0 Å². The fourth-order valence-electron chi connectivity index (χ4n) is 3.75. The number of esters is 1. The van der Waals surface area contributed by atoms with Gasteiger partial charge in [-0.15, -0.1) is 0 Å². The Morgan fingerprint density at radius 2 is 1.79 bits per heavy atom. The van der Waals surface area contributed by atoms with E-state index in [-0.39, 0.29) is 23.6 Å². The number of carbonyl (C=O) groups excluding carboxylic acids is 1. The zero-order valence-electron chi connectivity index (χ0n) is 18.3. The molecule has 1 saturated heterocycles. The minimum Gasteiger partial charge on any atom is -0.462 e. The van der Waals surface area contributed by atoms with E-state index in [1.807, 2.05) is 29.2 Å². The topological polar surface area (TPSA) is 122 Å². The quantitative estimate of drug-likeness (QED) is 0.504. The van der Waals surface area contributed by atoms with Gasteiger partial charge in [0.2, 0.25) is 16.0 Å². The van der Waals surface area contributed by atoms with E-state index in [0.717, 1.165) is 10.8 Å². The van der Waals surface area contributed by atoms with Crippen LogP contribution in [0.4, 0.5) is 5.95 Å². The van der Waals surface area contributed by atoms with Gasteiger partial charge >= 0.3 is 5.97 Å². The average Bonchev–Trinajstić information content (AvgIpc) is 2.83. The summed E-state index contributed by atoms with van der Waals surface area (Å²) < 4.78 is 33.1. The maximum atomic E-state index is 12.8. The number of hydrogen-bond acceptors (Lipinski definition) is 8. The fourth-order valence-corrected chi connectivity index (χ4v) is 4.91. The summed E-state index contributed by atoms with van der Waals surface area (Å²) in [6, 6.07) is 12.5. The number of fused-ring (bicyclic) bond motifs is 1. The van der Waals surface area contributed by atoms with E-state index in [0.29, 0.717) is 31.9 Å². The van der Waals surface area contributed by atoms with Gasteiger partial charge in [0, 0.05) is 32.0 Å². The van der Waals surface area contributed by atoms with Crippen LogP contribution in [0.3, 0.4) is 0 Å². The average molecular weight is 471 g/mol. The molecule has 2 heterocycles. The monoisotopic (exact) mass is 470 g/mol. The lowest BCUT2D eigenvalue weighted by Gasteiger charge is -2.38. The summed E-state index contributed by atoms with van der Waals surface area (Å²) >= 11 is 0. The van der Waals surface area contributed by atoms with Crippen LogP contribution in [0, 0.1) is 0 Å². The molecule has 3 aromatic rings. The highest BCUT2D eigenvalue weighted by Crippen LogP contribution is 2.25. The summed E-state index contributed by atoms with van der Waals surface area (Å²) in [5.74, 6) is -0.0300. The van der Waals surface area contributed by atoms with Crippen LogP contribution in [0.15, 0.2) is 59.8 Å². The van der Waals surface area contributed by atoms with Gasteiger partial charge in [-0.05, 0) is 42.7 Å². The molecule has 0 saturated carbocycles. The molecule has 0 bridgehead atoms. The predicted molar refractivity (Wildman–Crippen MR) is 124 cm³/mol. The number of nitrogens with zero attached hydrogens (tertiary/aromatic N) is 3. The van der Waals surface area contributed by atoms with Crippen molar-refractivity contribution in [3.05, 3.63) is 60.4 Å². The molecule has 1 aliphatic rings. The largest absolute Gasteiger partial charge is 0.462 e. The van der Waals surface area contributed by atoms with Crippen molar-refractivity contribution >= 4 is 32.7 Å². The minimum absolute atomic E-state index is 0.0847. The summed E-state index contributed by atoms with van der Waals surface area (Å²) in [5.41, 5.74) is -0.900. The number of anilines is 1. The molecule has 1 aromatic heterocycles. The lowest BCUT2D eigenvalue weighted by molar-refractivity contribution is 0.0213. The van der Waals surface area contributed by atoms with Gasteiger partial charge in [-0.1, -0.05) is 30.3 Å². The molecule has 10 heteroatoms. The van der Waals surface area contributed by atoms with Gasteiger partial charge in [0.15, 0.2) is 0 Å². The molecule has 4 rings (SSSR count). The first kappa shape index (κ1) is 23.1. The fraction of sp³-hybridized carbons (Fsp3) is 0.348. The maximum Gasteiger partial charge on any atom is 0.341 e. The van der Waals surface area contributed by atoms with Crippen LogP contribution in [0.25, 0.3) is 10.8 Å². The van der Waals surface area contributed by atoms with Gasteiger partial charge in [0.25, 0.3) is 0 Å². The summed E-state index contributed by atoms with van der Waals surface area (Å²) in [6.07, 6.45) is 3.52. The Hall–Kier alpha value is -3.08. The lowest BCUT2D eigenvalue weighted by Crippen LogP contribution is -2.51. The summed E-state index contributed by atoms with van der Waals surface area (Å²) in [4.78, 5) is 22.2. The molecule has 2 N–H and O–H groups in total. The number of hydrogen-bond donors (Lipinski definition) is 2. The Kier molecular flexibility index (Phi) is 6.59. The van der Waals surface area contributed by atoms with Crippen molar-refractivity contribution in [2.75, 3.05) is 31.1 Å². The zero-order valence-corrected chi connectivity index (χ0v) is 19.1. The number of aliphatic hydroxyl groups is 1. The molecule has 0 amide bonds. The van der Waals surface area contributed by atoms with Crippen molar-refractivity contribution in [2.45, 2.75) is 30.3 Å². The van der Waals surface area contributed by atoms with Crippen LogP contribution in [-0.4, -0.2) is 61.3 Å². The number of rotatable bonds is 7. The van der Waals surface area contributed by atoms with Crippen LogP contribution in [-0.2, 0) is 14.8 Å². The highest BCUT2D eigenvalue weighted by atomic mass is 32.2. The van der Waals surface area contributed by atoms with E-state index in [9.17, 15) is 18.3 Å². The van der Waals surface area contributed by atoms with E-state index < -0.39 is 21.6 Å². The second kappa shape index (κ2) is 9.42. The maximum absolute atomic E-state index is 12.8. The standard InChI is InChI=1S/C23H26N4O5S/c1-2-32-21(28)19-14-24-22(25-15-19)27-11-9-23(29,10-12-27)16-26-33(30,31)20-8-7-17-5-3-4-6-18(17)13-20/h3-8,13-15,26,29H,2,9-12,16H2,1H3. The number of benzene rings is 2. The first-order valence-electron chi connectivity index (χ1n) is 10.7. The number of ether oxygens (including phenoxy) is 1. The Labute approximate surface area is 192 Å². The third kappa shape index (κ3) is 5.29. The van der Waals surface area contributed by atoms with Gasteiger partial charge in [-0.25, -0.2) is 27.9 Å². The number of carbonyl (C=O) groups is 1. The van der Waals surface area contributed by atoms with Crippen LogP contribution < -0.4 is 9.62 Å². The van der Waals surface area contributed by atoms with Gasteiger partial charge < -0.3 is 14.7 Å². The van der Waals surface area contributed by atoms with Crippen molar-refractivity contribution in [3.63, 3.8) is 0 Å². The number of aromatic nitrogens is 2. The van der Waals surface area contributed by atoms with Crippen molar-refractivity contribution in [3.8, 4) is 0 Å². The first-order valence-corrected chi connectivity index (χ1v) is 12.2. The highest BCUT2D eigenvalue weighted by Gasteiger charge is 2.34. The molecule has 0 atom stereocenters. The predicted octanol–water partition coefficient (Wildman–Crippen LogP) is 2.12. The van der Waals surface area contributed by atoms with Crippen LogP contribution >= 0.6 is 0 Å². The van der Waals surface area contributed by atoms with E-state index >= 15 is 0 Å². The van der Waals surface area contributed by atoms with Crippen molar-refractivity contribution < 1.29 is 23.1 Å². The van der Waals surface area contributed by atoms with Gasteiger partial charge in [0.05, 0.1) is 22.7 Å². The molecule has 1 fully saturated rings. The zero-order chi connectivity index (χ0) is 23.5. The molecule has 33 heavy (non-hydrogen) atoms. The van der Waals surface area contributed by atoms with E-state index in [1.165, 1.54) is 12.4 Å². The highest BCUT2D eigenvalue weighted by molar-refractivity contribution is 7.89. The second-order valence-corrected chi connectivity index (χ2v) is 9.80. The third-order valence-corrected chi connectivity index (χ3v) is 7.15. The summed E-state index contributed by atoms with van der Waals surface area (Å²) in [7, 11) is -3.76. The molecular formula is C23H26N4O5S. The van der Waals surface area contributed by atoms with E-state index in [2.05, 4.69) is 14.7 Å². The van der Waals surface area contributed by atoms with Gasteiger partial charge in [-0.3, -0.25) is 0 Å². The van der Waals surface area contributed by atoms with Crippen LogP contribution in [0.1, 0.15) is 30.1 Å². The van der Waals surface area contributed by atoms with E-state index in [1.54, 1.807) is 25.1 Å². The SMILES string of the molecule is CCOC(=O)c1cnc(N2CCC(O)(CNS(=O)(=O)c3ccc4ccccc4c3)CC2)nc1. The minimum atomic E-state index is -3.76. The Bertz CT molecular complexity index is 1240. The normalized spacial score (nSPS) is 16.0. The molecular weight excluding hydrogens is 444 g/mol. The van der Waals surface area contributed by atoms with Crippen molar-refractivity contribution in [1.29, 1.82) is 0 Å². The van der Waals surface area contributed by atoms with Crippen molar-refractivity contribution in [1.82, 2.24) is 14.7 Å². The van der Waals surface area contributed by atoms with Crippen molar-refractivity contribution in [2.24, 2.45) is 0 Å². The Balaban J connectivity index is 1.36. The molecule has 0 aliphatic carbocycles. The number of piperidine rings is 1. The Morgan fingerprint density at radius 3 is 2.45 bits per heavy atom. The number of nitrogens with one attached hydrogen (secondary N) is 1. The summed E-state index contributed by atoms with van der Waals surface area (Å²) in [6.45, 7) is 2.82. The first-order chi connectivity index (χ1) is 15.8. The molecule has 0 unspecified atom stereocenters. The summed E-state index contributed by atoms with van der Waals surface area (Å²) in [5, 5.41) is 12.7. The molecule has 0 spiro atoms. The third-order valence-electron chi connectivity index (χ3n) is 5.75. The van der Waals surface area contributed by atoms with Crippen LogP contribution in [0.2, 0.25) is 0 Å². The molecule has 1 aliphatic heterocycles. The lowest BCUT2D eigenvalue weighted by atomic mass is 9.92. The smallest absolute Gasteiger partial charge is 0.341 e. The molecule has 9 nitrogen and oxygen atoms in total. The molecule has 174 valence electrons. The molecule has 2 aromatic carbocycles. The molecule has 0 radical (unpaired) electrons. The van der Waals surface area contributed by atoms with E-state index in [4.69, 9.17) is 4.74 Å². The Morgan fingerprint density at radius 1 is 1.12 bits per heavy atom. The number of sulfonamides is 1. The van der Waals surface area contributed by atoms with Gasteiger partial charge in [-0.2, -0.15) is 0 Å².